The Bertz CT molecular complexity index is 278. The lowest BCUT2D eigenvalue weighted by atomic mass is 9.63. The molecule has 4 heteroatoms. The van der Waals surface area contributed by atoms with Gasteiger partial charge in [0.25, 0.3) is 0 Å². The molecule has 0 bridgehead atoms. The van der Waals surface area contributed by atoms with E-state index in [2.05, 4.69) is 25.7 Å². The molecule has 0 spiro atoms. The van der Waals surface area contributed by atoms with Crippen molar-refractivity contribution in [3.63, 3.8) is 0 Å². The summed E-state index contributed by atoms with van der Waals surface area (Å²) < 4.78 is 5.73. The van der Waals surface area contributed by atoms with E-state index in [1.54, 1.807) is 0 Å². The second-order valence-corrected chi connectivity index (χ2v) is 5.70. The first kappa shape index (κ1) is 15.4. The number of aliphatic carboxylic acids is 1. The van der Waals surface area contributed by atoms with Crippen molar-refractivity contribution >= 4 is 5.97 Å². The second kappa shape index (κ2) is 6.53. The second-order valence-electron chi connectivity index (χ2n) is 5.70. The van der Waals surface area contributed by atoms with Crippen LogP contribution >= 0.6 is 0 Å². The van der Waals surface area contributed by atoms with Crippen LogP contribution in [0.5, 0.6) is 0 Å². The Morgan fingerprint density at radius 3 is 2.50 bits per heavy atom. The van der Waals surface area contributed by atoms with Gasteiger partial charge in [-0.15, -0.1) is 0 Å². The molecule has 0 aromatic rings. The molecule has 106 valence electrons. The molecule has 2 unspecified atom stereocenters. The van der Waals surface area contributed by atoms with Gasteiger partial charge in [0.15, 0.2) is 0 Å². The Labute approximate surface area is 110 Å². The molecule has 0 aromatic heterocycles. The Balaban J connectivity index is 2.56. The van der Waals surface area contributed by atoms with Gasteiger partial charge in [0.2, 0.25) is 0 Å². The Morgan fingerprint density at radius 1 is 1.39 bits per heavy atom. The lowest BCUT2D eigenvalue weighted by molar-refractivity contribution is -0.153. The van der Waals surface area contributed by atoms with Crippen LogP contribution in [0.3, 0.4) is 0 Å². The molecule has 4 nitrogen and oxygen atoms in total. The van der Waals surface area contributed by atoms with Crippen LogP contribution in [0.4, 0.5) is 0 Å². The molecule has 1 N–H and O–H groups in total. The SMILES string of the molecule is CCCN(CCC(=O)O)C1CC(OCC)C1(C)C. The number of rotatable bonds is 8. The van der Waals surface area contributed by atoms with Crippen LogP contribution in [0.25, 0.3) is 0 Å². The first-order chi connectivity index (χ1) is 8.43. The fourth-order valence-electron chi connectivity index (χ4n) is 2.92. The van der Waals surface area contributed by atoms with Crippen molar-refractivity contribution in [3.05, 3.63) is 0 Å². The molecule has 0 saturated heterocycles. The summed E-state index contributed by atoms with van der Waals surface area (Å²) in [6.45, 7) is 11.0. The molecule has 0 aromatic carbocycles. The number of carboxylic acids is 1. The first-order valence-electron chi connectivity index (χ1n) is 7.00. The minimum atomic E-state index is -0.713. The average Bonchev–Trinajstić information content (AvgIpc) is 2.30. The monoisotopic (exact) mass is 257 g/mol. The number of hydrogen-bond acceptors (Lipinski definition) is 3. The van der Waals surface area contributed by atoms with Crippen LogP contribution in [-0.4, -0.2) is 47.8 Å². The third kappa shape index (κ3) is 3.45. The summed E-state index contributed by atoms with van der Waals surface area (Å²) in [5, 5.41) is 8.82. The van der Waals surface area contributed by atoms with Crippen LogP contribution in [0.15, 0.2) is 0 Å². The van der Waals surface area contributed by atoms with Crippen molar-refractivity contribution < 1.29 is 14.6 Å². The van der Waals surface area contributed by atoms with Gasteiger partial charge in [-0.1, -0.05) is 20.8 Å². The number of nitrogens with zero attached hydrogens (tertiary/aromatic N) is 1. The lowest BCUT2D eigenvalue weighted by Gasteiger charge is -2.56. The third-order valence-corrected chi connectivity index (χ3v) is 4.06. The molecule has 0 radical (unpaired) electrons. The Morgan fingerprint density at radius 2 is 2.06 bits per heavy atom. The van der Waals surface area contributed by atoms with E-state index in [9.17, 15) is 4.79 Å². The molecule has 1 fully saturated rings. The molecule has 1 aliphatic rings. The highest BCUT2D eigenvalue weighted by Crippen LogP contribution is 2.45. The summed E-state index contributed by atoms with van der Waals surface area (Å²) in [5.74, 6) is -0.713. The van der Waals surface area contributed by atoms with Crippen molar-refractivity contribution in [2.75, 3.05) is 19.7 Å². The van der Waals surface area contributed by atoms with Gasteiger partial charge in [0, 0.05) is 24.6 Å². The summed E-state index contributed by atoms with van der Waals surface area (Å²) in [4.78, 5) is 13.0. The molecular formula is C14H27NO3. The molecule has 18 heavy (non-hydrogen) atoms. The van der Waals surface area contributed by atoms with Gasteiger partial charge < -0.3 is 9.84 Å². The molecule has 0 amide bonds. The normalized spacial score (nSPS) is 26.1. The molecule has 1 rings (SSSR count). The smallest absolute Gasteiger partial charge is 0.304 e. The molecule has 1 aliphatic carbocycles. The Hall–Kier alpha value is -0.610. The summed E-state index contributed by atoms with van der Waals surface area (Å²) in [6, 6.07) is 0.452. The summed E-state index contributed by atoms with van der Waals surface area (Å²) in [7, 11) is 0. The zero-order chi connectivity index (χ0) is 13.8. The zero-order valence-corrected chi connectivity index (χ0v) is 12.1. The predicted octanol–water partition coefficient (Wildman–Crippen LogP) is 2.38. The van der Waals surface area contributed by atoms with E-state index >= 15 is 0 Å². The maximum atomic E-state index is 10.7. The topological polar surface area (TPSA) is 49.8 Å². The number of hydrogen-bond donors (Lipinski definition) is 1. The molecule has 2 atom stereocenters. The molecule has 1 saturated carbocycles. The van der Waals surface area contributed by atoms with Crippen LogP contribution in [0, 0.1) is 5.41 Å². The van der Waals surface area contributed by atoms with Crippen molar-refractivity contribution in [1.29, 1.82) is 0 Å². The van der Waals surface area contributed by atoms with Gasteiger partial charge in [-0.2, -0.15) is 0 Å². The van der Waals surface area contributed by atoms with Crippen LogP contribution in [0.2, 0.25) is 0 Å². The van der Waals surface area contributed by atoms with Crippen molar-refractivity contribution in [1.82, 2.24) is 4.90 Å². The van der Waals surface area contributed by atoms with E-state index in [0.29, 0.717) is 18.7 Å². The number of carboxylic acid groups (broad SMARTS) is 1. The van der Waals surface area contributed by atoms with Crippen molar-refractivity contribution in [2.45, 2.75) is 59.1 Å². The van der Waals surface area contributed by atoms with E-state index in [1.807, 2.05) is 6.92 Å². The average molecular weight is 257 g/mol. The molecular weight excluding hydrogens is 230 g/mol. The summed E-state index contributed by atoms with van der Waals surface area (Å²) in [6.07, 6.45) is 2.63. The fourth-order valence-corrected chi connectivity index (χ4v) is 2.92. The highest BCUT2D eigenvalue weighted by atomic mass is 16.5. The predicted molar refractivity (Wildman–Crippen MR) is 71.7 cm³/mol. The van der Waals surface area contributed by atoms with Gasteiger partial charge in [0.1, 0.15) is 0 Å². The fraction of sp³-hybridized carbons (Fsp3) is 0.929. The van der Waals surface area contributed by atoms with E-state index in [-0.39, 0.29) is 11.8 Å². The number of ether oxygens (including phenoxy) is 1. The Kier molecular flexibility index (Phi) is 5.60. The van der Waals surface area contributed by atoms with Gasteiger partial charge in [-0.25, -0.2) is 0 Å². The minimum Gasteiger partial charge on any atom is -0.481 e. The van der Waals surface area contributed by atoms with Gasteiger partial charge in [-0.3, -0.25) is 9.69 Å². The van der Waals surface area contributed by atoms with Crippen LogP contribution in [0.1, 0.15) is 47.0 Å². The number of carbonyl (C=O) groups is 1. The van der Waals surface area contributed by atoms with Crippen LogP contribution < -0.4 is 0 Å². The van der Waals surface area contributed by atoms with E-state index in [0.717, 1.165) is 26.0 Å². The van der Waals surface area contributed by atoms with Gasteiger partial charge in [0.05, 0.1) is 12.5 Å². The van der Waals surface area contributed by atoms with E-state index in [4.69, 9.17) is 9.84 Å². The zero-order valence-electron chi connectivity index (χ0n) is 12.1. The van der Waals surface area contributed by atoms with Crippen molar-refractivity contribution in [2.24, 2.45) is 5.41 Å². The quantitative estimate of drug-likeness (QED) is 0.725. The third-order valence-electron chi connectivity index (χ3n) is 4.06. The maximum absolute atomic E-state index is 10.7. The highest BCUT2D eigenvalue weighted by molar-refractivity contribution is 5.66. The van der Waals surface area contributed by atoms with Crippen LogP contribution in [-0.2, 0) is 9.53 Å². The first-order valence-corrected chi connectivity index (χ1v) is 7.00. The van der Waals surface area contributed by atoms with E-state index in [1.165, 1.54) is 0 Å². The lowest BCUT2D eigenvalue weighted by Crippen LogP contribution is -2.62. The van der Waals surface area contributed by atoms with Gasteiger partial charge >= 0.3 is 5.97 Å². The standard InChI is InChI=1S/C14H27NO3/c1-5-8-15(9-7-13(16)17)11-10-12(18-6-2)14(11,3)4/h11-12H,5-10H2,1-4H3,(H,16,17). The maximum Gasteiger partial charge on any atom is 0.304 e. The van der Waals surface area contributed by atoms with Gasteiger partial charge in [-0.05, 0) is 26.3 Å². The minimum absolute atomic E-state index is 0.129. The largest absolute Gasteiger partial charge is 0.481 e. The highest BCUT2D eigenvalue weighted by Gasteiger charge is 2.51. The van der Waals surface area contributed by atoms with Crippen molar-refractivity contribution in [3.8, 4) is 0 Å². The molecule has 0 aliphatic heterocycles. The molecule has 0 heterocycles. The van der Waals surface area contributed by atoms with E-state index < -0.39 is 5.97 Å². The summed E-state index contributed by atoms with van der Waals surface area (Å²) in [5.41, 5.74) is 0.129. The summed E-state index contributed by atoms with van der Waals surface area (Å²) >= 11 is 0.